The van der Waals surface area contributed by atoms with Gasteiger partial charge < -0.3 is 32.7 Å². The molecule has 48 heavy (non-hydrogen) atoms. The smallest absolute Gasteiger partial charge is 0.254 e. The van der Waals surface area contributed by atoms with Gasteiger partial charge in [-0.2, -0.15) is 5.10 Å². The Morgan fingerprint density at radius 2 is 1.67 bits per heavy atom. The minimum atomic E-state index is -0.129. The Bertz CT molecular complexity index is 1120. The Labute approximate surface area is 291 Å². The first kappa shape index (κ1) is 38.4. The molecule has 0 aromatic rings. The molecular formula is C37H70N10O. The Balaban J connectivity index is 1.19. The van der Waals surface area contributed by atoms with E-state index in [9.17, 15) is 4.79 Å². The molecule has 0 radical (unpaired) electrons. The second kappa shape index (κ2) is 17.5. The van der Waals surface area contributed by atoms with Crippen molar-refractivity contribution in [1.29, 1.82) is 5.41 Å². The number of carbonyl (C=O) groups is 1. The first-order valence-corrected chi connectivity index (χ1v) is 19.2. The van der Waals surface area contributed by atoms with E-state index >= 15 is 0 Å². The number of nitrogens with zero attached hydrogens (tertiary/aromatic N) is 3. The van der Waals surface area contributed by atoms with Gasteiger partial charge in [-0.25, -0.2) is 5.43 Å². The van der Waals surface area contributed by atoms with Crippen LogP contribution in [0.2, 0.25) is 0 Å². The van der Waals surface area contributed by atoms with E-state index in [0.717, 1.165) is 54.1 Å². The molecule has 10 N–H and O–H groups in total. The SMILES string of the molecule is CC(C)CCC[C@@H](C)[C@H]1CC[C@H]2[C@@H]3CCC4C/C(=N\NC(=O)CNCCN(CCNCCN=C(N)N)C(=N)N)CC[C@]4(C)[C@H]3CC[C@]12C. The van der Waals surface area contributed by atoms with Crippen molar-refractivity contribution in [2.24, 2.45) is 79.6 Å². The largest absolute Gasteiger partial charge is 0.370 e. The van der Waals surface area contributed by atoms with E-state index in [4.69, 9.17) is 22.6 Å². The number of hydrogen-bond acceptors (Lipinski definition) is 6. The van der Waals surface area contributed by atoms with Crippen molar-refractivity contribution in [3.63, 3.8) is 0 Å². The first-order valence-electron chi connectivity index (χ1n) is 19.2. The number of guanidine groups is 2. The molecule has 0 aromatic carbocycles. The van der Waals surface area contributed by atoms with Gasteiger partial charge in [0.25, 0.3) is 5.91 Å². The van der Waals surface area contributed by atoms with Crippen LogP contribution in [0.3, 0.4) is 0 Å². The minimum absolute atomic E-state index is 0.00815. The monoisotopic (exact) mass is 671 g/mol. The van der Waals surface area contributed by atoms with E-state index < -0.39 is 0 Å². The van der Waals surface area contributed by atoms with Gasteiger partial charge in [-0.15, -0.1) is 0 Å². The summed E-state index contributed by atoms with van der Waals surface area (Å²) in [7, 11) is 0. The van der Waals surface area contributed by atoms with Crippen LogP contribution in [0.25, 0.3) is 0 Å². The lowest BCUT2D eigenvalue weighted by molar-refractivity contribution is -0.120. The summed E-state index contributed by atoms with van der Waals surface area (Å²) in [6, 6.07) is 0. The Hall–Kier alpha value is -2.40. The normalized spacial score (nSPS) is 32.6. The van der Waals surface area contributed by atoms with Crippen LogP contribution in [0, 0.1) is 57.7 Å². The quantitative estimate of drug-likeness (QED) is 0.0523. The maximum absolute atomic E-state index is 12.6. The third-order valence-electron chi connectivity index (χ3n) is 13.4. The lowest BCUT2D eigenvalue weighted by Gasteiger charge is -2.61. The summed E-state index contributed by atoms with van der Waals surface area (Å²) in [4.78, 5) is 18.3. The Morgan fingerprint density at radius 1 is 0.938 bits per heavy atom. The number of amides is 1. The summed E-state index contributed by atoms with van der Waals surface area (Å²) < 4.78 is 0. The molecule has 274 valence electrons. The maximum atomic E-state index is 12.6. The summed E-state index contributed by atoms with van der Waals surface area (Å²) in [5, 5.41) is 18.9. The highest BCUT2D eigenvalue weighted by Gasteiger charge is 2.60. The third kappa shape index (κ3) is 9.64. The van der Waals surface area contributed by atoms with Gasteiger partial charge in [-0.05, 0) is 110 Å². The van der Waals surface area contributed by atoms with Crippen molar-refractivity contribution in [1.82, 2.24) is 21.0 Å². The summed E-state index contributed by atoms with van der Waals surface area (Å²) in [6.45, 7) is 16.2. The fourth-order valence-electron chi connectivity index (χ4n) is 10.7. The Kier molecular flexibility index (Phi) is 14.0. The second-order valence-corrected chi connectivity index (χ2v) is 16.7. The zero-order valence-corrected chi connectivity index (χ0v) is 31.0. The van der Waals surface area contributed by atoms with Gasteiger partial charge in [-0.1, -0.05) is 53.9 Å². The van der Waals surface area contributed by atoms with Gasteiger partial charge in [0.1, 0.15) is 0 Å². The topological polar surface area (TPSA) is 183 Å². The van der Waals surface area contributed by atoms with E-state index in [1.54, 1.807) is 4.90 Å². The molecule has 4 aliphatic carbocycles. The van der Waals surface area contributed by atoms with Gasteiger partial charge in [0.05, 0.1) is 13.1 Å². The predicted octanol–water partition coefficient (Wildman–Crippen LogP) is 4.23. The number of nitrogens with two attached hydrogens (primary N) is 3. The van der Waals surface area contributed by atoms with Crippen LogP contribution in [0.4, 0.5) is 0 Å². The number of nitrogens with one attached hydrogen (secondary N) is 4. The van der Waals surface area contributed by atoms with E-state index in [1.807, 2.05) is 0 Å². The van der Waals surface area contributed by atoms with Crippen LogP contribution in [0.15, 0.2) is 10.1 Å². The molecule has 8 atom stereocenters. The molecule has 4 fully saturated rings. The second-order valence-electron chi connectivity index (χ2n) is 16.7. The van der Waals surface area contributed by atoms with Gasteiger partial charge >= 0.3 is 0 Å². The highest BCUT2D eigenvalue weighted by atomic mass is 16.2. The molecule has 1 amide bonds. The molecule has 11 nitrogen and oxygen atoms in total. The van der Waals surface area contributed by atoms with Crippen LogP contribution in [0.5, 0.6) is 0 Å². The van der Waals surface area contributed by atoms with Crippen LogP contribution in [-0.2, 0) is 4.79 Å². The molecule has 11 heteroatoms. The molecule has 1 unspecified atom stereocenters. The molecule has 4 aliphatic rings. The molecule has 0 aromatic heterocycles. The van der Waals surface area contributed by atoms with Gasteiger partial charge in [0, 0.05) is 38.4 Å². The molecule has 0 spiro atoms. The van der Waals surface area contributed by atoms with Crippen molar-refractivity contribution in [2.75, 3.05) is 45.8 Å². The van der Waals surface area contributed by atoms with Crippen LogP contribution in [-0.4, -0.2) is 74.3 Å². The van der Waals surface area contributed by atoms with Gasteiger partial charge in [0.2, 0.25) is 0 Å². The van der Waals surface area contributed by atoms with Crippen LogP contribution in [0.1, 0.15) is 112 Å². The average Bonchev–Trinajstić information content (AvgIpc) is 3.39. The number of hydrogen-bond donors (Lipinski definition) is 7. The predicted molar refractivity (Wildman–Crippen MR) is 199 cm³/mol. The van der Waals surface area contributed by atoms with Crippen LogP contribution >= 0.6 is 0 Å². The molecule has 0 aliphatic heterocycles. The molecule has 4 rings (SSSR count). The molecule has 4 saturated carbocycles. The standard InChI is InChI=1S/C37H70N10O/c1-25(2)7-6-8-26(3)30-11-12-31-29-10-9-27-23-28(13-15-36(27,4)32(29)14-16-37(30,31)5)45-46-33(48)24-43-20-22-47(35(40)41)21-19-42-17-18-44-34(38)39/h25-27,29-32,42-43H,6-24H2,1-5H3,(H3,40,41)(H,46,48)(H4,38,39,44)/b45-28-/t26-,27?,29+,30-,31+,32+,36+,37-/m1/s1. The zero-order chi connectivity index (χ0) is 34.9. The van der Waals surface area contributed by atoms with Crippen molar-refractivity contribution >= 4 is 23.5 Å². The summed E-state index contributed by atoms with van der Waals surface area (Å²) in [5.74, 6) is 5.88. The molecule has 0 heterocycles. The summed E-state index contributed by atoms with van der Waals surface area (Å²) >= 11 is 0. The molecule has 0 saturated heterocycles. The van der Waals surface area contributed by atoms with Crippen molar-refractivity contribution in [3.8, 4) is 0 Å². The molecule has 0 bridgehead atoms. The van der Waals surface area contributed by atoms with E-state index in [0.29, 0.717) is 56.0 Å². The van der Waals surface area contributed by atoms with E-state index in [1.165, 1.54) is 64.2 Å². The van der Waals surface area contributed by atoms with Crippen LogP contribution < -0.4 is 33.3 Å². The van der Waals surface area contributed by atoms with Crippen molar-refractivity contribution in [2.45, 2.75) is 112 Å². The Morgan fingerprint density at radius 3 is 2.38 bits per heavy atom. The number of aliphatic imine (C=N–C) groups is 1. The number of rotatable bonds is 17. The lowest BCUT2D eigenvalue weighted by Crippen LogP contribution is -2.54. The maximum Gasteiger partial charge on any atom is 0.254 e. The van der Waals surface area contributed by atoms with Crippen molar-refractivity contribution < 1.29 is 4.79 Å². The van der Waals surface area contributed by atoms with E-state index in [-0.39, 0.29) is 24.4 Å². The average molecular weight is 671 g/mol. The number of fused-ring (bicyclic) bond motifs is 5. The number of carbonyl (C=O) groups excluding carboxylic acids is 1. The van der Waals surface area contributed by atoms with E-state index in [2.05, 4.69) is 60.8 Å². The highest BCUT2D eigenvalue weighted by molar-refractivity contribution is 5.87. The fourth-order valence-corrected chi connectivity index (χ4v) is 10.7. The third-order valence-corrected chi connectivity index (χ3v) is 13.4. The van der Waals surface area contributed by atoms with Gasteiger partial charge in [-0.3, -0.25) is 15.2 Å². The summed E-state index contributed by atoms with van der Waals surface area (Å²) in [6.07, 6.45) is 15.8. The highest BCUT2D eigenvalue weighted by Crippen LogP contribution is 2.68. The summed E-state index contributed by atoms with van der Waals surface area (Å²) in [5.41, 5.74) is 21.4. The fraction of sp³-hybridized carbons (Fsp3) is 0.892. The lowest BCUT2D eigenvalue weighted by atomic mass is 9.44. The first-order chi connectivity index (χ1) is 22.8. The zero-order valence-electron chi connectivity index (χ0n) is 31.0. The molecular weight excluding hydrogens is 600 g/mol. The van der Waals surface area contributed by atoms with Gasteiger partial charge in [0.15, 0.2) is 11.9 Å². The number of hydrazone groups is 1. The minimum Gasteiger partial charge on any atom is -0.370 e. The van der Waals surface area contributed by atoms with Crippen molar-refractivity contribution in [3.05, 3.63) is 0 Å².